The first-order valence-corrected chi connectivity index (χ1v) is 7.93. The Morgan fingerprint density at radius 3 is 2.82 bits per heavy atom. The maximum atomic E-state index is 12.4. The molecule has 0 unspecified atom stereocenters. The number of carboxylic acids is 1. The van der Waals surface area contributed by atoms with Gasteiger partial charge in [0.2, 0.25) is 5.88 Å². The number of nitrogens with zero attached hydrogens (tertiary/aromatic N) is 2. The van der Waals surface area contributed by atoms with Gasteiger partial charge in [-0.05, 0) is 37.5 Å². The van der Waals surface area contributed by atoms with Gasteiger partial charge in [0, 0.05) is 4.47 Å². The van der Waals surface area contributed by atoms with E-state index in [0.29, 0.717) is 16.7 Å². The van der Waals surface area contributed by atoms with E-state index < -0.39 is 5.97 Å². The molecule has 1 fully saturated rings. The van der Waals surface area contributed by atoms with E-state index in [1.807, 2.05) is 0 Å². The quantitative estimate of drug-likeness (QED) is 0.879. The first-order valence-electron chi connectivity index (χ1n) is 7.13. The number of hydrogen-bond donors (Lipinski definition) is 1. The van der Waals surface area contributed by atoms with E-state index >= 15 is 0 Å². The minimum absolute atomic E-state index is 0.0290. The van der Waals surface area contributed by atoms with Crippen LogP contribution in [0.4, 0.5) is 0 Å². The fourth-order valence-electron chi connectivity index (χ4n) is 2.31. The van der Waals surface area contributed by atoms with E-state index in [1.54, 1.807) is 18.2 Å². The van der Waals surface area contributed by atoms with Gasteiger partial charge in [-0.25, -0.2) is 4.68 Å². The number of aliphatic carboxylic acids is 1. The maximum Gasteiger partial charge on any atom is 0.305 e. The number of aryl methyl sites for hydroxylation is 1. The molecule has 0 aliphatic heterocycles. The molecule has 0 radical (unpaired) electrons. The minimum Gasteiger partial charge on any atom is -0.481 e. The lowest BCUT2D eigenvalue weighted by Crippen LogP contribution is -2.29. The summed E-state index contributed by atoms with van der Waals surface area (Å²) in [5, 5.41) is 14.2. The number of ether oxygens (including phenoxy) is 1. The number of carboxylic acid groups (broad SMARTS) is 1. The summed E-state index contributed by atoms with van der Waals surface area (Å²) in [4.78, 5) is 23.1. The van der Waals surface area contributed by atoms with Crippen LogP contribution in [-0.2, 0) is 11.3 Å². The highest BCUT2D eigenvalue weighted by Gasteiger charge is 2.22. The Kier molecular flexibility index (Phi) is 4.15. The third kappa shape index (κ3) is 2.99. The second-order valence-corrected chi connectivity index (χ2v) is 6.25. The zero-order chi connectivity index (χ0) is 15.7. The molecule has 0 spiro atoms. The van der Waals surface area contributed by atoms with Gasteiger partial charge in [0.05, 0.1) is 23.7 Å². The molecule has 1 saturated carbocycles. The molecular formula is C15H15BrN2O4. The lowest BCUT2D eigenvalue weighted by molar-refractivity contribution is -0.137. The normalized spacial score (nSPS) is 14.8. The summed E-state index contributed by atoms with van der Waals surface area (Å²) in [5.41, 5.74) is -0.301. The average molecular weight is 367 g/mol. The van der Waals surface area contributed by atoms with Crippen molar-refractivity contribution in [1.29, 1.82) is 0 Å². The van der Waals surface area contributed by atoms with Crippen LogP contribution in [0.15, 0.2) is 27.5 Å². The van der Waals surface area contributed by atoms with Gasteiger partial charge in [-0.2, -0.15) is 0 Å². The van der Waals surface area contributed by atoms with Crippen molar-refractivity contribution >= 4 is 32.7 Å². The van der Waals surface area contributed by atoms with Crippen LogP contribution in [0.25, 0.3) is 10.8 Å². The monoisotopic (exact) mass is 366 g/mol. The van der Waals surface area contributed by atoms with E-state index in [0.717, 1.165) is 23.7 Å². The number of rotatable bonds is 5. The summed E-state index contributed by atoms with van der Waals surface area (Å²) >= 11 is 3.39. The van der Waals surface area contributed by atoms with Crippen LogP contribution >= 0.6 is 15.9 Å². The molecular weight excluding hydrogens is 352 g/mol. The Bertz CT molecular complexity index is 783. The standard InChI is InChI=1S/C15H15BrN2O4/c16-9-4-5-11-12(8-9)14(22-10-2-1-3-10)17-18(15(11)21)7-6-13(19)20/h4-5,8,10H,1-3,6-7H2,(H,19,20). The third-order valence-electron chi connectivity index (χ3n) is 3.76. The van der Waals surface area contributed by atoms with Crippen molar-refractivity contribution in [2.45, 2.75) is 38.3 Å². The molecule has 2 aromatic rings. The topological polar surface area (TPSA) is 81.4 Å². The molecule has 1 aromatic carbocycles. The van der Waals surface area contributed by atoms with Crippen LogP contribution in [0, 0.1) is 0 Å². The maximum absolute atomic E-state index is 12.4. The number of aromatic nitrogens is 2. The van der Waals surface area contributed by atoms with Crippen molar-refractivity contribution in [3.8, 4) is 5.88 Å². The Hall–Kier alpha value is -1.89. The van der Waals surface area contributed by atoms with Crippen LogP contribution in [-0.4, -0.2) is 27.0 Å². The molecule has 116 valence electrons. The SMILES string of the molecule is O=C(O)CCn1nc(OC2CCC2)c2cc(Br)ccc2c1=O. The Balaban J connectivity index is 2.07. The zero-order valence-electron chi connectivity index (χ0n) is 11.8. The van der Waals surface area contributed by atoms with Crippen LogP contribution in [0.1, 0.15) is 25.7 Å². The minimum atomic E-state index is -0.967. The number of hydrogen-bond acceptors (Lipinski definition) is 4. The molecule has 1 aliphatic carbocycles. The van der Waals surface area contributed by atoms with Crippen molar-refractivity contribution in [2.75, 3.05) is 0 Å². The van der Waals surface area contributed by atoms with Gasteiger partial charge in [0.25, 0.3) is 5.56 Å². The van der Waals surface area contributed by atoms with Gasteiger partial charge in [0.15, 0.2) is 0 Å². The molecule has 7 heteroatoms. The fourth-order valence-corrected chi connectivity index (χ4v) is 2.68. The highest BCUT2D eigenvalue weighted by molar-refractivity contribution is 9.10. The van der Waals surface area contributed by atoms with Crippen LogP contribution in [0.2, 0.25) is 0 Å². The van der Waals surface area contributed by atoms with Crippen LogP contribution in [0.5, 0.6) is 5.88 Å². The molecule has 0 amide bonds. The lowest BCUT2D eigenvalue weighted by Gasteiger charge is -2.26. The van der Waals surface area contributed by atoms with Crippen molar-refractivity contribution < 1.29 is 14.6 Å². The first-order chi connectivity index (χ1) is 10.5. The van der Waals surface area contributed by atoms with Crippen LogP contribution < -0.4 is 10.3 Å². The highest BCUT2D eigenvalue weighted by Crippen LogP contribution is 2.29. The molecule has 1 aliphatic rings. The highest BCUT2D eigenvalue weighted by atomic mass is 79.9. The van der Waals surface area contributed by atoms with Crippen molar-refractivity contribution in [3.63, 3.8) is 0 Å². The number of benzene rings is 1. The van der Waals surface area contributed by atoms with E-state index in [4.69, 9.17) is 9.84 Å². The second-order valence-electron chi connectivity index (χ2n) is 5.34. The predicted octanol–water partition coefficient (Wildman–Crippen LogP) is 2.57. The number of carbonyl (C=O) groups is 1. The van der Waals surface area contributed by atoms with Gasteiger partial charge >= 0.3 is 5.97 Å². The summed E-state index contributed by atoms with van der Waals surface area (Å²) in [7, 11) is 0. The fraction of sp³-hybridized carbons (Fsp3) is 0.400. The van der Waals surface area contributed by atoms with Crippen molar-refractivity contribution in [3.05, 3.63) is 33.0 Å². The Labute approximate surface area is 134 Å². The first kappa shape index (κ1) is 15.0. The molecule has 0 saturated heterocycles. The third-order valence-corrected chi connectivity index (χ3v) is 4.25. The summed E-state index contributed by atoms with van der Waals surface area (Å²) in [5.74, 6) is -0.572. The summed E-state index contributed by atoms with van der Waals surface area (Å²) in [6.07, 6.45) is 3.06. The number of fused-ring (bicyclic) bond motifs is 1. The van der Waals surface area contributed by atoms with Crippen LogP contribution in [0.3, 0.4) is 0 Å². The Morgan fingerprint density at radius 2 is 2.18 bits per heavy atom. The van der Waals surface area contributed by atoms with Gasteiger partial charge in [-0.1, -0.05) is 15.9 Å². The largest absolute Gasteiger partial charge is 0.481 e. The lowest BCUT2D eigenvalue weighted by atomic mass is 9.96. The zero-order valence-corrected chi connectivity index (χ0v) is 13.4. The van der Waals surface area contributed by atoms with Gasteiger partial charge in [-0.15, -0.1) is 5.10 Å². The molecule has 1 N–H and O–H groups in total. The van der Waals surface area contributed by atoms with Gasteiger partial charge in [-0.3, -0.25) is 9.59 Å². The second kappa shape index (κ2) is 6.08. The summed E-state index contributed by atoms with van der Waals surface area (Å²) < 4.78 is 7.90. The van der Waals surface area contributed by atoms with E-state index in [1.165, 1.54) is 4.68 Å². The predicted molar refractivity (Wildman–Crippen MR) is 84.2 cm³/mol. The molecule has 1 aromatic heterocycles. The molecule has 3 rings (SSSR count). The van der Waals surface area contributed by atoms with Gasteiger partial charge in [0.1, 0.15) is 6.10 Å². The molecule has 0 bridgehead atoms. The molecule has 1 heterocycles. The summed E-state index contributed by atoms with van der Waals surface area (Å²) in [6, 6.07) is 5.28. The van der Waals surface area contributed by atoms with E-state index in [-0.39, 0.29) is 24.6 Å². The molecule has 6 nitrogen and oxygen atoms in total. The van der Waals surface area contributed by atoms with E-state index in [9.17, 15) is 9.59 Å². The molecule has 0 atom stereocenters. The summed E-state index contributed by atoms with van der Waals surface area (Å²) in [6.45, 7) is 0.0290. The molecule has 22 heavy (non-hydrogen) atoms. The number of halogens is 1. The average Bonchev–Trinajstić information content (AvgIpc) is 2.43. The van der Waals surface area contributed by atoms with Crippen molar-refractivity contribution in [1.82, 2.24) is 9.78 Å². The van der Waals surface area contributed by atoms with E-state index in [2.05, 4.69) is 21.0 Å². The van der Waals surface area contributed by atoms with Gasteiger partial charge < -0.3 is 9.84 Å². The smallest absolute Gasteiger partial charge is 0.305 e. The Morgan fingerprint density at radius 1 is 1.41 bits per heavy atom. The van der Waals surface area contributed by atoms with Crippen molar-refractivity contribution in [2.24, 2.45) is 0 Å².